The number of phosphoric acid groups is 1. The van der Waals surface area contributed by atoms with Crippen molar-refractivity contribution in [2.24, 2.45) is 0 Å². The van der Waals surface area contributed by atoms with E-state index in [2.05, 4.69) is 0 Å². The van der Waals surface area contributed by atoms with Gasteiger partial charge < -0.3 is 13.6 Å². The molecule has 5 nitrogen and oxygen atoms in total. The number of benzene rings is 2. The lowest BCUT2D eigenvalue weighted by atomic mass is 10.3. The Bertz CT molecular complexity index is 680. The lowest BCUT2D eigenvalue weighted by molar-refractivity contribution is -0.112. The lowest BCUT2D eigenvalue weighted by Crippen LogP contribution is -2.05. The van der Waals surface area contributed by atoms with Crippen LogP contribution in [0.25, 0.3) is 0 Å². The molecule has 0 radical (unpaired) electrons. The standard InChI is InChI=1S/C17H17O5P/c1-14(18)13-15(2)20-23(19,21-16-9-5-3-6-10-16)22-17-11-7-4-8-12-17/h3-13H,1-2H3/b15-13-. The number of carbonyl (C=O) groups excluding carboxylic acids is 1. The van der Waals surface area contributed by atoms with Crippen LogP contribution in [0.5, 0.6) is 11.5 Å². The van der Waals surface area contributed by atoms with Gasteiger partial charge in [-0.2, -0.15) is 4.57 Å². The van der Waals surface area contributed by atoms with Crippen molar-refractivity contribution in [1.82, 2.24) is 0 Å². The predicted molar refractivity (Wildman–Crippen MR) is 87.3 cm³/mol. The Morgan fingerprint density at radius 1 is 0.870 bits per heavy atom. The van der Waals surface area contributed by atoms with Gasteiger partial charge in [0, 0.05) is 6.08 Å². The number of carbonyl (C=O) groups is 1. The maximum absolute atomic E-state index is 12.9. The minimum absolute atomic E-state index is 0.146. The molecule has 0 spiro atoms. The summed E-state index contributed by atoms with van der Waals surface area (Å²) in [5, 5.41) is 0. The van der Waals surface area contributed by atoms with Crippen LogP contribution in [0, 0.1) is 0 Å². The zero-order chi connectivity index (χ0) is 16.7. The maximum Gasteiger partial charge on any atom is 0.646 e. The van der Waals surface area contributed by atoms with Gasteiger partial charge in [0.05, 0.1) is 0 Å². The second-order valence-electron chi connectivity index (χ2n) is 4.71. The van der Waals surface area contributed by atoms with Crippen molar-refractivity contribution in [1.29, 1.82) is 0 Å². The summed E-state index contributed by atoms with van der Waals surface area (Å²) in [6, 6.07) is 17.1. The van der Waals surface area contributed by atoms with Crippen LogP contribution in [-0.4, -0.2) is 5.78 Å². The topological polar surface area (TPSA) is 61.8 Å². The molecule has 0 saturated heterocycles. The Hall–Kier alpha value is -2.52. The first-order valence-corrected chi connectivity index (χ1v) is 8.41. The number of hydrogen-bond acceptors (Lipinski definition) is 5. The van der Waals surface area contributed by atoms with E-state index in [1.807, 2.05) is 0 Å². The van der Waals surface area contributed by atoms with Gasteiger partial charge in [-0.25, -0.2) is 0 Å². The van der Waals surface area contributed by atoms with Crippen molar-refractivity contribution in [2.75, 3.05) is 0 Å². The Labute approximate surface area is 135 Å². The fourth-order valence-corrected chi connectivity index (χ4v) is 3.04. The summed E-state index contributed by atoms with van der Waals surface area (Å²) in [7, 11) is -4.00. The molecule has 0 atom stereocenters. The van der Waals surface area contributed by atoms with Gasteiger partial charge in [0.25, 0.3) is 0 Å². The van der Waals surface area contributed by atoms with E-state index in [1.54, 1.807) is 60.7 Å². The van der Waals surface area contributed by atoms with Gasteiger partial charge in [0.15, 0.2) is 5.78 Å². The molecule has 0 fully saturated rings. The SMILES string of the molecule is CC(=O)/C=C(/C)OP(=O)(Oc1ccccc1)Oc1ccccc1. The quantitative estimate of drug-likeness (QED) is 0.415. The zero-order valence-electron chi connectivity index (χ0n) is 12.8. The average molecular weight is 332 g/mol. The molecular formula is C17H17O5P. The Morgan fingerprint density at radius 3 is 1.70 bits per heavy atom. The Kier molecular flexibility index (Phi) is 5.61. The van der Waals surface area contributed by atoms with Crippen molar-refractivity contribution in [2.45, 2.75) is 13.8 Å². The summed E-state index contributed by atoms with van der Waals surface area (Å²) < 4.78 is 29.1. The molecule has 0 saturated carbocycles. The highest BCUT2D eigenvalue weighted by atomic mass is 31.2. The highest BCUT2D eigenvalue weighted by Gasteiger charge is 2.33. The molecule has 0 heterocycles. The molecule has 0 unspecified atom stereocenters. The Morgan fingerprint density at radius 2 is 1.30 bits per heavy atom. The van der Waals surface area contributed by atoms with E-state index in [1.165, 1.54) is 19.9 Å². The molecule has 0 aromatic heterocycles. The smallest absolute Gasteiger partial charge is 0.391 e. The highest BCUT2D eigenvalue weighted by molar-refractivity contribution is 7.49. The summed E-state index contributed by atoms with van der Waals surface area (Å²) >= 11 is 0. The van der Waals surface area contributed by atoms with E-state index >= 15 is 0 Å². The van der Waals surface area contributed by atoms with Crippen LogP contribution in [0.3, 0.4) is 0 Å². The first kappa shape index (κ1) is 16.8. The number of phosphoric ester groups is 1. The molecule has 120 valence electrons. The zero-order valence-corrected chi connectivity index (χ0v) is 13.7. The van der Waals surface area contributed by atoms with E-state index in [4.69, 9.17) is 13.6 Å². The summed E-state index contributed by atoms with van der Waals surface area (Å²) in [4.78, 5) is 11.1. The maximum atomic E-state index is 12.9. The summed E-state index contributed by atoms with van der Waals surface area (Å²) in [5.41, 5.74) is 0. The molecule has 0 amide bonds. The monoisotopic (exact) mass is 332 g/mol. The van der Waals surface area contributed by atoms with Gasteiger partial charge in [-0.15, -0.1) is 0 Å². The minimum Gasteiger partial charge on any atom is -0.391 e. The van der Waals surface area contributed by atoms with Crippen LogP contribution in [-0.2, 0) is 13.9 Å². The second kappa shape index (κ2) is 7.65. The predicted octanol–water partition coefficient (Wildman–Crippen LogP) is 4.76. The number of ketones is 1. The molecule has 0 bridgehead atoms. The van der Waals surface area contributed by atoms with Crippen LogP contribution in [0.15, 0.2) is 72.5 Å². The average Bonchev–Trinajstić information content (AvgIpc) is 2.47. The first-order chi connectivity index (χ1) is 11.0. The fourth-order valence-electron chi connectivity index (χ4n) is 1.77. The molecule has 0 aliphatic heterocycles. The van der Waals surface area contributed by atoms with Crippen molar-refractivity contribution >= 4 is 13.6 Å². The third-order valence-corrected chi connectivity index (χ3v) is 3.96. The molecule has 6 heteroatoms. The highest BCUT2D eigenvalue weighted by Crippen LogP contribution is 2.51. The molecule has 0 aliphatic carbocycles. The van der Waals surface area contributed by atoms with Crippen molar-refractivity contribution in [3.05, 3.63) is 72.5 Å². The van der Waals surface area contributed by atoms with Crippen LogP contribution >= 0.6 is 7.82 Å². The van der Waals surface area contributed by atoms with Gasteiger partial charge in [0.2, 0.25) is 0 Å². The molecule has 2 rings (SSSR count). The van der Waals surface area contributed by atoms with Crippen LogP contribution in [0.1, 0.15) is 13.8 Å². The normalized spacial score (nSPS) is 11.7. The van der Waals surface area contributed by atoms with Crippen molar-refractivity contribution < 1.29 is 22.9 Å². The molecule has 2 aromatic rings. The van der Waals surface area contributed by atoms with Crippen LogP contribution < -0.4 is 9.05 Å². The Balaban J connectivity index is 2.26. The number of rotatable bonds is 7. The summed E-state index contributed by atoms with van der Waals surface area (Å²) in [6.07, 6.45) is 1.22. The number of allylic oxidation sites excluding steroid dienone is 2. The van der Waals surface area contributed by atoms with Gasteiger partial charge in [0.1, 0.15) is 17.3 Å². The second-order valence-corrected chi connectivity index (χ2v) is 6.15. The molecule has 0 N–H and O–H groups in total. The van der Waals surface area contributed by atoms with Gasteiger partial charge in [-0.1, -0.05) is 36.4 Å². The van der Waals surface area contributed by atoms with Crippen LogP contribution in [0.2, 0.25) is 0 Å². The molecule has 2 aromatic carbocycles. The molecule has 23 heavy (non-hydrogen) atoms. The minimum atomic E-state index is -4.00. The van der Waals surface area contributed by atoms with E-state index < -0.39 is 7.82 Å². The van der Waals surface area contributed by atoms with E-state index in [-0.39, 0.29) is 11.5 Å². The first-order valence-electron chi connectivity index (χ1n) is 6.95. The largest absolute Gasteiger partial charge is 0.646 e. The van der Waals surface area contributed by atoms with Gasteiger partial charge in [-0.3, -0.25) is 4.79 Å². The lowest BCUT2D eigenvalue weighted by Gasteiger charge is -2.19. The summed E-state index contributed by atoms with van der Waals surface area (Å²) in [6.45, 7) is 2.88. The number of hydrogen-bond donors (Lipinski definition) is 0. The van der Waals surface area contributed by atoms with E-state index in [0.717, 1.165) is 0 Å². The van der Waals surface area contributed by atoms with Crippen LogP contribution in [0.4, 0.5) is 0 Å². The van der Waals surface area contributed by atoms with Crippen molar-refractivity contribution in [3.8, 4) is 11.5 Å². The van der Waals surface area contributed by atoms with E-state index in [0.29, 0.717) is 11.5 Å². The fraction of sp³-hybridized carbons (Fsp3) is 0.118. The third kappa shape index (κ3) is 5.64. The van der Waals surface area contributed by atoms with Gasteiger partial charge >= 0.3 is 7.82 Å². The summed E-state index contributed by atoms with van der Waals surface area (Å²) in [5.74, 6) is 0.589. The van der Waals surface area contributed by atoms with E-state index in [9.17, 15) is 9.36 Å². The molecular weight excluding hydrogens is 315 g/mol. The molecule has 0 aliphatic rings. The third-order valence-electron chi connectivity index (χ3n) is 2.58. The van der Waals surface area contributed by atoms with Crippen molar-refractivity contribution in [3.63, 3.8) is 0 Å². The van der Waals surface area contributed by atoms with Gasteiger partial charge in [-0.05, 0) is 38.1 Å². The number of para-hydroxylation sites is 2.